The predicted octanol–water partition coefficient (Wildman–Crippen LogP) is 2.42. The molecule has 1 heterocycles. The quantitative estimate of drug-likeness (QED) is 0.844. The molecule has 2 nitrogen and oxygen atoms in total. The highest BCUT2D eigenvalue weighted by Crippen LogP contribution is 2.29. The molecule has 2 rings (SSSR count). The molecule has 0 bridgehead atoms. The minimum atomic E-state index is 0.534. The van der Waals surface area contributed by atoms with E-state index in [1.807, 2.05) is 0 Å². The standard InChI is InChI=1S/C14H22N2/c1-11(10-15)12(2)16-9-5-7-13-6-3-4-8-14(13)16/h3-4,6,8,11-12H,5,7,9-10,15H2,1-2H3. The molecule has 1 aliphatic rings. The summed E-state index contributed by atoms with van der Waals surface area (Å²) in [7, 11) is 0. The Morgan fingerprint density at radius 3 is 2.81 bits per heavy atom. The molecule has 1 aromatic carbocycles. The number of rotatable bonds is 3. The Balaban J connectivity index is 2.24. The lowest BCUT2D eigenvalue weighted by atomic mass is 9.96. The number of anilines is 1. The van der Waals surface area contributed by atoms with Crippen LogP contribution in [0.1, 0.15) is 25.8 Å². The minimum absolute atomic E-state index is 0.534. The molecule has 88 valence electrons. The Morgan fingerprint density at radius 2 is 2.06 bits per heavy atom. The Kier molecular flexibility index (Phi) is 3.49. The first-order valence-electron chi connectivity index (χ1n) is 6.28. The summed E-state index contributed by atoms with van der Waals surface area (Å²) in [6.07, 6.45) is 2.48. The van der Waals surface area contributed by atoms with Crippen LogP contribution in [0, 0.1) is 5.92 Å². The van der Waals surface area contributed by atoms with Crippen molar-refractivity contribution in [3.8, 4) is 0 Å². The van der Waals surface area contributed by atoms with Gasteiger partial charge in [0.1, 0.15) is 0 Å². The molecule has 2 atom stereocenters. The third-order valence-electron chi connectivity index (χ3n) is 3.83. The summed E-state index contributed by atoms with van der Waals surface area (Å²) in [5.41, 5.74) is 8.68. The number of hydrogen-bond donors (Lipinski definition) is 1. The lowest BCUT2D eigenvalue weighted by Gasteiger charge is -2.38. The second-order valence-electron chi connectivity index (χ2n) is 4.88. The minimum Gasteiger partial charge on any atom is -0.368 e. The van der Waals surface area contributed by atoms with Crippen LogP contribution in [0.4, 0.5) is 5.69 Å². The normalized spacial score (nSPS) is 19.1. The first-order valence-corrected chi connectivity index (χ1v) is 6.28. The Hall–Kier alpha value is -1.02. The largest absolute Gasteiger partial charge is 0.368 e. The number of benzene rings is 1. The average molecular weight is 218 g/mol. The second kappa shape index (κ2) is 4.88. The highest BCUT2D eigenvalue weighted by molar-refractivity contribution is 5.56. The van der Waals surface area contributed by atoms with Gasteiger partial charge in [-0.1, -0.05) is 25.1 Å². The molecule has 0 radical (unpaired) electrons. The molecule has 2 heteroatoms. The summed E-state index contributed by atoms with van der Waals surface area (Å²) < 4.78 is 0. The van der Waals surface area contributed by atoms with E-state index in [4.69, 9.17) is 5.73 Å². The zero-order chi connectivity index (χ0) is 11.5. The number of hydrogen-bond acceptors (Lipinski definition) is 2. The third-order valence-corrected chi connectivity index (χ3v) is 3.83. The van der Waals surface area contributed by atoms with Gasteiger partial charge in [-0.2, -0.15) is 0 Å². The SMILES string of the molecule is CC(CN)C(C)N1CCCc2ccccc21. The van der Waals surface area contributed by atoms with Crippen LogP contribution in [0.3, 0.4) is 0 Å². The van der Waals surface area contributed by atoms with Crippen molar-refractivity contribution in [2.24, 2.45) is 11.7 Å². The van der Waals surface area contributed by atoms with Gasteiger partial charge in [-0.25, -0.2) is 0 Å². The van der Waals surface area contributed by atoms with Gasteiger partial charge in [-0.05, 0) is 43.9 Å². The summed E-state index contributed by atoms with van der Waals surface area (Å²) in [6, 6.07) is 9.30. The van der Waals surface area contributed by atoms with Crippen LogP contribution in [-0.4, -0.2) is 19.1 Å². The van der Waals surface area contributed by atoms with Gasteiger partial charge in [0.2, 0.25) is 0 Å². The molecular weight excluding hydrogens is 196 g/mol. The molecule has 2 unspecified atom stereocenters. The van der Waals surface area contributed by atoms with Gasteiger partial charge in [0.15, 0.2) is 0 Å². The van der Waals surface area contributed by atoms with Crippen molar-refractivity contribution in [2.75, 3.05) is 18.0 Å². The van der Waals surface area contributed by atoms with E-state index < -0.39 is 0 Å². The van der Waals surface area contributed by atoms with Crippen molar-refractivity contribution in [1.29, 1.82) is 0 Å². The Morgan fingerprint density at radius 1 is 1.31 bits per heavy atom. The van der Waals surface area contributed by atoms with Crippen molar-refractivity contribution in [3.05, 3.63) is 29.8 Å². The highest BCUT2D eigenvalue weighted by Gasteiger charge is 2.23. The van der Waals surface area contributed by atoms with E-state index in [1.165, 1.54) is 30.6 Å². The molecule has 0 aliphatic carbocycles. The van der Waals surface area contributed by atoms with Gasteiger partial charge < -0.3 is 10.6 Å². The number of nitrogens with two attached hydrogens (primary N) is 1. The molecule has 0 saturated heterocycles. The van der Waals surface area contributed by atoms with Crippen molar-refractivity contribution < 1.29 is 0 Å². The van der Waals surface area contributed by atoms with Crippen LogP contribution in [0.5, 0.6) is 0 Å². The number of fused-ring (bicyclic) bond motifs is 1. The Bertz CT molecular complexity index is 348. The molecule has 16 heavy (non-hydrogen) atoms. The van der Waals surface area contributed by atoms with E-state index in [1.54, 1.807) is 0 Å². The summed E-state index contributed by atoms with van der Waals surface area (Å²) >= 11 is 0. The lowest BCUT2D eigenvalue weighted by Crippen LogP contribution is -2.43. The molecule has 0 aromatic heterocycles. The second-order valence-corrected chi connectivity index (χ2v) is 4.88. The molecule has 1 aromatic rings. The molecule has 1 aliphatic heterocycles. The maximum Gasteiger partial charge on any atom is 0.0401 e. The summed E-state index contributed by atoms with van der Waals surface area (Å²) in [5.74, 6) is 0.547. The van der Waals surface area contributed by atoms with Crippen LogP contribution in [0.15, 0.2) is 24.3 Å². The fourth-order valence-electron chi connectivity index (χ4n) is 2.49. The first kappa shape index (κ1) is 11.5. The van der Waals surface area contributed by atoms with Crippen molar-refractivity contribution in [1.82, 2.24) is 0 Å². The number of para-hydroxylation sites is 1. The molecule has 0 saturated carbocycles. The number of nitrogens with zero attached hydrogens (tertiary/aromatic N) is 1. The van der Waals surface area contributed by atoms with E-state index in [0.29, 0.717) is 12.0 Å². The van der Waals surface area contributed by atoms with E-state index in [9.17, 15) is 0 Å². The maximum absolute atomic E-state index is 5.77. The smallest absolute Gasteiger partial charge is 0.0401 e. The summed E-state index contributed by atoms with van der Waals surface area (Å²) in [5, 5.41) is 0. The lowest BCUT2D eigenvalue weighted by molar-refractivity contribution is 0.447. The van der Waals surface area contributed by atoms with Gasteiger partial charge in [0.25, 0.3) is 0 Å². The fraction of sp³-hybridized carbons (Fsp3) is 0.571. The highest BCUT2D eigenvalue weighted by atomic mass is 15.2. The molecule has 0 amide bonds. The van der Waals surface area contributed by atoms with E-state index >= 15 is 0 Å². The molecule has 0 spiro atoms. The third kappa shape index (κ3) is 2.07. The van der Waals surface area contributed by atoms with Crippen LogP contribution in [0.25, 0.3) is 0 Å². The van der Waals surface area contributed by atoms with Crippen LogP contribution in [0.2, 0.25) is 0 Å². The maximum atomic E-state index is 5.77. The van der Waals surface area contributed by atoms with Gasteiger partial charge in [-0.15, -0.1) is 0 Å². The van der Waals surface area contributed by atoms with Crippen molar-refractivity contribution in [2.45, 2.75) is 32.7 Å². The summed E-state index contributed by atoms with van der Waals surface area (Å²) in [4.78, 5) is 2.52. The fourth-order valence-corrected chi connectivity index (χ4v) is 2.49. The monoisotopic (exact) mass is 218 g/mol. The van der Waals surface area contributed by atoms with E-state index in [2.05, 4.69) is 43.0 Å². The van der Waals surface area contributed by atoms with E-state index in [0.717, 1.165) is 6.54 Å². The van der Waals surface area contributed by atoms with Gasteiger partial charge in [0, 0.05) is 18.3 Å². The van der Waals surface area contributed by atoms with E-state index in [-0.39, 0.29) is 0 Å². The van der Waals surface area contributed by atoms with Crippen LogP contribution in [-0.2, 0) is 6.42 Å². The van der Waals surface area contributed by atoms with Gasteiger partial charge in [0.05, 0.1) is 0 Å². The number of aryl methyl sites for hydroxylation is 1. The Labute approximate surface area is 98.4 Å². The van der Waals surface area contributed by atoms with Gasteiger partial charge in [-0.3, -0.25) is 0 Å². The molecule has 2 N–H and O–H groups in total. The van der Waals surface area contributed by atoms with Crippen molar-refractivity contribution >= 4 is 5.69 Å². The van der Waals surface area contributed by atoms with Gasteiger partial charge >= 0.3 is 0 Å². The topological polar surface area (TPSA) is 29.3 Å². The first-order chi connectivity index (χ1) is 7.74. The van der Waals surface area contributed by atoms with Crippen molar-refractivity contribution in [3.63, 3.8) is 0 Å². The molecular formula is C14H22N2. The zero-order valence-corrected chi connectivity index (χ0v) is 10.3. The van der Waals surface area contributed by atoms with Crippen LogP contribution >= 0.6 is 0 Å². The zero-order valence-electron chi connectivity index (χ0n) is 10.3. The predicted molar refractivity (Wildman–Crippen MR) is 69.8 cm³/mol. The molecule has 0 fully saturated rings. The average Bonchev–Trinajstić information content (AvgIpc) is 2.36. The summed E-state index contributed by atoms with van der Waals surface area (Å²) in [6.45, 7) is 6.46. The van der Waals surface area contributed by atoms with Crippen LogP contribution < -0.4 is 10.6 Å².